The first kappa shape index (κ1) is 31.1. The van der Waals surface area contributed by atoms with E-state index >= 15 is 0 Å². The number of nitrogens with zero attached hydrogens (tertiary/aromatic N) is 1. The number of amides is 2. The molecule has 1 aliphatic carbocycles. The summed E-state index contributed by atoms with van der Waals surface area (Å²) >= 11 is 0. The van der Waals surface area contributed by atoms with E-state index in [1.807, 2.05) is 48.5 Å². The predicted octanol–water partition coefficient (Wildman–Crippen LogP) is 5.10. The Balaban J connectivity index is 1.27. The lowest BCUT2D eigenvalue weighted by atomic mass is 9.99. The number of hydrogen-bond acceptors (Lipinski definition) is 8. The van der Waals surface area contributed by atoms with E-state index < -0.39 is 56.8 Å². The number of benzene rings is 4. The summed E-state index contributed by atoms with van der Waals surface area (Å²) in [6.45, 7) is 5.13. The van der Waals surface area contributed by atoms with E-state index in [9.17, 15) is 22.8 Å². The lowest BCUT2D eigenvalue weighted by molar-refractivity contribution is -0.165. The Hall–Kier alpha value is -4.87. The lowest BCUT2D eigenvalue weighted by Crippen LogP contribution is -2.73. The summed E-state index contributed by atoms with van der Waals surface area (Å²) in [6.07, 6.45) is -0.733. The number of nitrogens with one attached hydrogen (secondary N) is 1. The van der Waals surface area contributed by atoms with Gasteiger partial charge in [0.1, 0.15) is 17.2 Å². The van der Waals surface area contributed by atoms with Crippen LogP contribution in [-0.4, -0.2) is 55.2 Å². The predicted molar refractivity (Wildman–Crippen MR) is 174 cm³/mol. The van der Waals surface area contributed by atoms with Crippen molar-refractivity contribution in [3.63, 3.8) is 0 Å². The molecule has 3 atom stereocenters. The number of para-hydroxylation sites is 1. The third-order valence-electron chi connectivity index (χ3n) is 7.75. The van der Waals surface area contributed by atoms with Crippen LogP contribution in [0.25, 0.3) is 11.1 Å². The molecule has 1 saturated heterocycles. The van der Waals surface area contributed by atoms with Crippen LogP contribution in [0.4, 0.5) is 0 Å². The van der Waals surface area contributed by atoms with Gasteiger partial charge in [-0.25, -0.2) is 13.2 Å². The Morgan fingerprint density at radius 1 is 0.870 bits per heavy atom. The van der Waals surface area contributed by atoms with Crippen molar-refractivity contribution in [2.24, 2.45) is 0 Å². The molecule has 46 heavy (non-hydrogen) atoms. The summed E-state index contributed by atoms with van der Waals surface area (Å²) in [5.41, 5.74) is 3.75. The van der Waals surface area contributed by atoms with Gasteiger partial charge in [-0.3, -0.25) is 9.59 Å². The highest BCUT2D eigenvalue weighted by atomic mass is 33.1. The Morgan fingerprint density at radius 2 is 1.41 bits per heavy atom. The quantitative estimate of drug-likeness (QED) is 0.103. The summed E-state index contributed by atoms with van der Waals surface area (Å²) in [4.78, 5) is 41.7. The summed E-state index contributed by atoms with van der Waals surface area (Å²) < 4.78 is 38.6. The molecule has 2 amide bonds. The summed E-state index contributed by atoms with van der Waals surface area (Å²) in [5.74, 6) is -1.58. The van der Waals surface area contributed by atoms with Gasteiger partial charge in [0.15, 0.2) is 18.8 Å². The van der Waals surface area contributed by atoms with Crippen molar-refractivity contribution in [3.8, 4) is 16.9 Å². The minimum absolute atomic E-state index is 0.0189. The standard InChI is InChI=1S/C35H30N2O7S2/c1-22(2)31(35(40)44-32-27-19-11-9-17-25(27)26-18-10-12-20-28(26)32)37-33(39)30(36-29(38)21-43-23-13-5-3-6-14-23)34(37)45-46(41,42)24-15-7-4-8-16-24/h3-20,30-32,34H,1,21H2,2H3,(H,36,38). The molecule has 4 aromatic carbocycles. The van der Waals surface area contributed by atoms with Crippen LogP contribution in [0.15, 0.2) is 126 Å². The van der Waals surface area contributed by atoms with Crippen LogP contribution >= 0.6 is 10.8 Å². The van der Waals surface area contributed by atoms with Crippen LogP contribution in [0.3, 0.4) is 0 Å². The maximum absolute atomic E-state index is 14.0. The molecule has 9 nitrogen and oxygen atoms in total. The van der Waals surface area contributed by atoms with Crippen LogP contribution in [0.5, 0.6) is 5.75 Å². The zero-order valence-corrected chi connectivity index (χ0v) is 26.4. The van der Waals surface area contributed by atoms with E-state index in [4.69, 9.17) is 9.47 Å². The van der Waals surface area contributed by atoms with Gasteiger partial charge in [-0.1, -0.05) is 91.5 Å². The van der Waals surface area contributed by atoms with E-state index in [0.717, 1.165) is 27.2 Å². The fourth-order valence-electron chi connectivity index (χ4n) is 5.62. The molecule has 1 aliphatic heterocycles. The van der Waals surface area contributed by atoms with E-state index in [0.29, 0.717) is 16.5 Å². The molecule has 0 aromatic heterocycles. The van der Waals surface area contributed by atoms with Gasteiger partial charge in [0.05, 0.1) is 4.90 Å². The Kier molecular flexibility index (Phi) is 8.70. The number of carbonyl (C=O) groups is 3. The molecule has 0 radical (unpaired) electrons. The van der Waals surface area contributed by atoms with Crippen molar-refractivity contribution in [3.05, 3.63) is 132 Å². The van der Waals surface area contributed by atoms with E-state index in [-0.39, 0.29) is 10.5 Å². The monoisotopic (exact) mass is 654 g/mol. The molecule has 4 aromatic rings. The average Bonchev–Trinajstić information content (AvgIpc) is 3.38. The van der Waals surface area contributed by atoms with Crippen LogP contribution in [0, 0.1) is 0 Å². The SMILES string of the molecule is C=C(C)C(C(=O)OC1c2ccccc2-c2ccccc21)N1C(=O)C(NC(=O)COc2ccccc2)C1SS(=O)(=O)c1ccccc1. The van der Waals surface area contributed by atoms with Crippen LogP contribution in [0.1, 0.15) is 24.2 Å². The van der Waals surface area contributed by atoms with Gasteiger partial charge in [-0.2, -0.15) is 0 Å². The molecule has 6 rings (SSSR count). The Labute approximate surface area is 270 Å². The van der Waals surface area contributed by atoms with Gasteiger partial charge in [0.25, 0.3) is 5.91 Å². The second-order valence-corrected chi connectivity index (χ2v) is 14.8. The molecule has 0 spiro atoms. The van der Waals surface area contributed by atoms with Gasteiger partial charge >= 0.3 is 5.97 Å². The first-order valence-corrected chi connectivity index (χ1v) is 17.4. The van der Waals surface area contributed by atoms with E-state index in [1.165, 1.54) is 12.1 Å². The van der Waals surface area contributed by atoms with E-state index in [1.54, 1.807) is 55.5 Å². The fraction of sp³-hybridized carbons (Fsp3) is 0.171. The second-order valence-electron chi connectivity index (χ2n) is 10.9. The maximum Gasteiger partial charge on any atom is 0.334 e. The second kappa shape index (κ2) is 12.9. The largest absolute Gasteiger partial charge is 0.484 e. The topological polar surface area (TPSA) is 119 Å². The van der Waals surface area contributed by atoms with Crippen LogP contribution < -0.4 is 10.1 Å². The number of β-lactam (4-membered cyclic amide) rings is 1. The number of esters is 1. The fourth-order valence-corrected chi connectivity index (χ4v) is 9.15. The third kappa shape index (κ3) is 6.03. The molecular formula is C35H30N2O7S2. The zero-order valence-electron chi connectivity index (χ0n) is 24.7. The van der Waals surface area contributed by atoms with Gasteiger partial charge in [0, 0.05) is 21.9 Å². The molecule has 234 valence electrons. The molecule has 3 unspecified atom stereocenters. The van der Waals surface area contributed by atoms with Gasteiger partial charge in [0.2, 0.25) is 14.8 Å². The lowest BCUT2D eigenvalue weighted by Gasteiger charge is -2.49. The van der Waals surface area contributed by atoms with Gasteiger partial charge in [-0.05, 0) is 47.9 Å². The van der Waals surface area contributed by atoms with E-state index in [2.05, 4.69) is 11.9 Å². The zero-order chi connectivity index (χ0) is 32.4. The van der Waals surface area contributed by atoms with Crippen molar-refractivity contribution in [1.82, 2.24) is 10.2 Å². The first-order chi connectivity index (χ1) is 22.2. The normalized spacial score (nSPS) is 17.7. The van der Waals surface area contributed by atoms with Crippen LogP contribution in [0.2, 0.25) is 0 Å². The van der Waals surface area contributed by atoms with Crippen molar-refractivity contribution in [1.29, 1.82) is 0 Å². The van der Waals surface area contributed by atoms with Crippen molar-refractivity contribution in [2.45, 2.75) is 35.4 Å². The molecular weight excluding hydrogens is 625 g/mol. The molecule has 11 heteroatoms. The number of fused-ring (bicyclic) bond motifs is 3. The van der Waals surface area contributed by atoms with Crippen LogP contribution in [-0.2, 0) is 28.0 Å². The number of likely N-dealkylation sites (tertiary alicyclic amines) is 1. The number of carbonyl (C=O) groups excluding carboxylic acids is 3. The molecule has 1 N–H and O–H groups in total. The average molecular weight is 655 g/mol. The first-order valence-electron chi connectivity index (χ1n) is 14.5. The number of rotatable bonds is 11. The molecule has 0 bridgehead atoms. The third-order valence-corrected chi connectivity index (χ3v) is 11.5. The summed E-state index contributed by atoms with van der Waals surface area (Å²) in [7, 11) is -3.56. The highest BCUT2D eigenvalue weighted by molar-refractivity contribution is 8.72. The van der Waals surface area contributed by atoms with Crippen molar-refractivity contribution < 1.29 is 32.3 Å². The van der Waals surface area contributed by atoms with Crippen molar-refractivity contribution in [2.75, 3.05) is 6.61 Å². The summed E-state index contributed by atoms with van der Waals surface area (Å²) in [6, 6.07) is 29.0. The van der Waals surface area contributed by atoms with Gasteiger partial charge < -0.3 is 19.7 Å². The van der Waals surface area contributed by atoms with Crippen molar-refractivity contribution >= 4 is 37.4 Å². The highest BCUT2D eigenvalue weighted by Gasteiger charge is 2.56. The Bertz CT molecular complexity index is 1870. The highest BCUT2D eigenvalue weighted by Crippen LogP contribution is 2.46. The smallest absolute Gasteiger partial charge is 0.334 e. The maximum atomic E-state index is 14.0. The molecule has 0 saturated carbocycles. The summed E-state index contributed by atoms with van der Waals surface area (Å²) in [5, 5.41) is 1.43. The molecule has 1 heterocycles. The number of ether oxygens (including phenoxy) is 2. The molecule has 1 fully saturated rings. The minimum Gasteiger partial charge on any atom is -0.484 e. The number of hydrogen-bond donors (Lipinski definition) is 1. The minimum atomic E-state index is -4.03. The van der Waals surface area contributed by atoms with Gasteiger partial charge in [-0.15, -0.1) is 0 Å². The molecule has 2 aliphatic rings. The Morgan fingerprint density at radius 3 is 2.00 bits per heavy atom.